The molecule has 25 heavy (non-hydrogen) atoms. The summed E-state index contributed by atoms with van der Waals surface area (Å²) in [6, 6.07) is 0. The van der Waals surface area contributed by atoms with Crippen molar-refractivity contribution < 1.29 is 43.8 Å². The number of hydrogen-bond acceptors (Lipinski definition) is 9. The zero-order valence-corrected chi connectivity index (χ0v) is 14.4. The standard InChI is InChI=1S/C16H28O9/c1-10(18)22-3-2-21-9-14-5-12(20)7-16(24-14)25-15-6-11(19)4-13(8-17)23-15/h11-17,19-20H,2-9H2,1H3. The minimum Gasteiger partial charge on any atom is -0.463 e. The Morgan fingerprint density at radius 1 is 1.00 bits per heavy atom. The summed E-state index contributed by atoms with van der Waals surface area (Å²) in [4.78, 5) is 10.7. The third-order valence-corrected chi connectivity index (χ3v) is 4.03. The first kappa shape index (κ1) is 20.5. The molecule has 3 N–H and O–H groups in total. The van der Waals surface area contributed by atoms with Crippen LogP contribution in [0.25, 0.3) is 0 Å². The van der Waals surface area contributed by atoms with Gasteiger partial charge in [0.25, 0.3) is 0 Å². The first-order valence-electron chi connectivity index (χ1n) is 8.60. The van der Waals surface area contributed by atoms with E-state index in [0.717, 1.165) is 0 Å². The maximum absolute atomic E-state index is 10.7. The summed E-state index contributed by atoms with van der Waals surface area (Å²) in [5.41, 5.74) is 0. The second kappa shape index (κ2) is 10.4. The van der Waals surface area contributed by atoms with Crippen LogP contribution < -0.4 is 0 Å². The molecule has 2 rings (SSSR count). The molecular weight excluding hydrogens is 336 g/mol. The van der Waals surface area contributed by atoms with Gasteiger partial charge in [0.15, 0.2) is 12.6 Å². The Morgan fingerprint density at radius 2 is 1.60 bits per heavy atom. The topological polar surface area (TPSA) is 124 Å². The van der Waals surface area contributed by atoms with Crippen molar-refractivity contribution in [2.24, 2.45) is 0 Å². The van der Waals surface area contributed by atoms with Crippen LogP contribution in [0.5, 0.6) is 0 Å². The zero-order valence-electron chi connectivity index (χ0n) is 14.4. The van der Waals surface area contributed by atoms with Crippen molar-refractivity contribution in [1.82, 2.24) is 0 Å². The third-order valence-electron chi connectivity index (χ3n) is 4.03. The van der Waals surface area contributed by atoms with E-state index >= 15 is 0 Å². The Kier molecular flexibility index (Phi) is 8.50. The fraction of sp³-hybridized carbons (Fsp3) is 0.938. The maximum Gasteiger partial charge on any atom is 0.302 e. The van der Waals surface area contributed by atoms with E-state index in [1.54, 1.807) is 0 Å². The lowest BCUT2D eigenvalue weighted by molar-refractivity contribution is -0.311. The first-order valence-corrected chi connectivity index (χ1v) is 8.60. The van der Waals surface area contributed by atoms with Crippen LogP contribution in [0.3, 0.4) is 0 Å². The zero-order chi connectivity index (χ0) is 18.2. The molecule has 2 saturated heterocycles. The van der Waals surface area contributed by atoms with Gasteiger partial charge in [-0.2, -0.15) is 0 Å². The molecular formula is C16H28O9. The number of esters is 1. The second-order valence-corrected chi connectivity index (χ2v) is 6.36. The van der Waals surface area contributed by atoms with E-state index < -0.39 is 30.9 Å². The van der Waals surface area contributed by atoms with Gasteiger partial charge in [0.2, 0.25) is 0 Å². The number of carbonyl (C=O) groups is 1. The first-order chi connectivity index (χ1) is 12.0. The van der Waals surface area contributed by atoms with Crippen molar-refractivity contribution in [3.63, 3.8) is 0 Å². The molecule has 0 radical (unpaired) electrons. The molecule has 6 atom stereocenters. The van der Waals surface area contributed by atoms with E-state index in [1.807, 2.05) is 0 Å². The Labute approximate surface area is 146 Å². The fourth-order valence-corrected chi connectivity index (χ4v) is 2.92. The van der Waals surface area contributed by atoms with E-state index in [-0.39, 0.29) is 44.9 Å². The van der Waals surface area contributed by atoms with Gasteiger partial charge in [-0.05, 0) is 0 Å². The van der Waals surface area contributed by atoms with Gasteiger partial charge in [-0.15, -0.1) is 0 Å². The summed E-state index contributed by atoms with van der Waals surface area (Å²) in [7, 11) is 0. The highest BCUT2D eigenvalue weighted by Crippen LogP contribution is 2.26. The largest absolute Gasteiger partial charge is 0.463 e. The Bertz CT molecular complexity index is 405. The molecule has 0 aromatic carbocycles. The van der Waals surface area contributed by atoms with Crippen LogP contribution in [0.4, 0.5) is 0 Å². The SMILES string of the molecule is CC(=O)OCCOCC1CC(O)CC(OC2CC(O)CC(CO)O2)O1. The Morgan fingerprint density at radius 3 is 2.20 bits per heavy atom. The quantitative estimate of drug-likeness (QED) is 0.379. The van der Waals surface area contributed by atoms with Gasteiger partial charge in [0, 0.05) is 32.6 Å². The molecule has 9 nitrogen and oxygen atoms in total. The van der Waals surface area contributed by atoms with E-state index in [1.165, 1.54) is 6.92 Å². The van der Waals surface area contributed by atoms with Crippen molar-refractivity contribution >= 4 is 5.97 Å². The summed E-state index contributed by atoms with van der Waals surface area (Å²) in [6.07, 6.45) is -2.03. The Hall–Kier alpha value is -0.810. The number of aliphatic hydroxyl groups excluding tert-OH is 3. The smallest absolute Gasteiger partial charge is 0.302 e. The van der Waals surface area contributed by atoms with Crippen molar-refractivity contribution in [3.8, 4) is 0 Å². The second-order valence-electron chi connectivity index (χ2n) is 6.36. The molecule has 0 aliphatic carbocycles. The average molecular weight is 364 g/mol. The molecule has 146 valence electrons. The highest BCUT2D eigenvalue weighted by molar-refractivity contribution is 5.65. The van der Waals surface area contributed by atoms with Crippen molar-refractivity contribution in [2.45, 2.75) is 69.6 Å². The normalized spacial score (nSPS) is 36.2. The third kappa shape index (κ3) is 7.53. The minimum atomic E-state index is -0.693. The van der Waals surface area contributed by atoms with Gasteiger partial charge in [0.05, 0.1) is 44.2 Å². The Balaban J connectivity index is 1.72. The predicted octanol–water partition coefficient (Wildman–Crippen LogP) is -0.693. The van der Waals surface area contributed by atoms with E-state index in [2.05, 4.69) is 0 Å². The summed E-state index contributed by atoms with van der Waals surface area (Å²) in [5, 5.41) is 29.0. The van der Waals surface area contributed by atoms with E-state index in [9.17, 15) is 20.1 Å². The molecule has 2 heterocycles. The molecule has 0 saturated carbocycles. The molecule has 2 aliphatic heterocycles. The van der Waals surface area contributed by atoms with Gasteiger partial charge < -0.3 is 39.0 Å². The van der Waals surface area contributed by atoms with Crippen LogP contribution in [0.15, 0.2) is 0 Å². The van der Waals surface area contributed by atoms with Crippen LogP contribution >= 0.6 is 0 Å². The summed E-state index contributed by atoms with van der Waals surface area (Å²) >= 11 is 0. The van der Waals surface area contributed by atoms with Crippen LogP contribution in [0.1, 0.15) is 32.6 Å². The van der Waals surface area contributed by atoms with Crippen molar-refractivity contribution in [1.29, 1.82) is 0 Å². The van der Waals surface area contributed by atoms with Crippen LogP contribution in [-0.2, 0) is 28.5 Å². The van der Waals surface area contributed by atoms with Gasteiger partial charge in [-0.25, -0.2) is 0 Å². The average Bonchev–Trinajstić information content (AvgIpc) is 2.53. The lowest BCUT2D eigenvalue weighted by Crippen LogP contribution is -2.45. The molecule has 0 spiro atoms. The summed E-state index contributed by atoms with van der Waals surface area (Å²) in [5.74, 6) is -0.364. The molecule has 0 amide bonds. The molecule has 6 unspecified atom stereocenters. The van der Waals surface area contributed by atoms with Gasteiger partial charge in [-0.3, -0.25) is 4.79 Å². The molecule has 2 aliphatic rings. The van der Waals surface area contributed by atoms with Crippen LogP contribution in [0.2, 0.25) is 0 Å². The summed E-state index contributed by atoms with van der Waals surface area (Å²) < 4.78 is 27.1. The number of aliphatic hydroxyl groups is 3. The van der Waals surface area contributed by atoms with E-state index in [4.69, 9.17) is 23.7 Å². The van der Waals surface area contributed by atoms with Crippen LogP contribution in [0, 0.1) is 0 Å². The molecule has 2 fully saturated rings. The number of rotatable bonds is 8. The number of hydrogen-bond donors (Lipinski definition) is 3. The predicted molar refractivity (Wildman–Crippen MR) is 83.4 cm³/mol. The van der Waals surface area contributed by atoms with Crippen molar-refractivity contribution in [3.05, 3.63) is 0 Å². The molecule has 0 aromatic rings. The highest BCUT2D eigenvalue weighted by atomic mass is 16.8. The molecule has 0 aromatic heterocycles. The highest BCUT2D eigenvalue weighted by Gasteiger charge is 2.34. The maximum atomic E-state index is 10.7. The number of carbonyl (C=O) groups excluding carboxylic acids is 1. The van der Waals surface area contributed by atoms with Crippen LogP contribution in [-0.4, -0.2) is 84.7 Å². The lowest BCUT2D eigenvalue weighted by Gasteiger charge is -2.38. The van der Waals surface area contributed by atoms with E-state index in [0.29, 0.717) is 19.3 Å². The minimum absolute atomic E-state index is 0.168. The van der Waals surface area contributed by atoms with Crippen molar-refractivity contribution in [2.75, 3.05) is 26.4 Å². The van der Waals surface area contributed by atoms with Gasteiger partial charge >= 0.3 is 5.97 Å². The van der Waals surface area contributed by atoms with Gasteiger partial charge in [0.1, 0.15) is 6.61 Å². The number of ether oxygens (including phenoxy) is 5. The molecule has 9 heteroatoms. The summed E-state index contributed by atoms with van der Waals surface area (Å²) in [6.45, 7) is 1.79. The fourth-order valence-electron chi connectivity index (χ4n) is 2.92. The monoisotopic (exact) mass is 364 g/mol. The molecule has 0 bridgehead atoms. The lowest BCUT2D eigenvalue weighted by atomic mass is 10.0. The van der Waals surface area contributed by atoms with Gasteiger partial charge in [-0.1, -0.05) is 0 Å².